The number of benzene rings is 1. The number of nitrogens with zero attached hydrogens (tertiary/aromatic N) is 1. The Hall–Kier alpha value is -2.04. The van der Waals surface area contributed by atoms with Crippen molar-refractivity contribution < 1.29 is 19.4 Å². The lowest BCUT2D eigenvalue weighted by molar-refractivity contribution is -0.137. The van der Waals surface area contributed by atoms with E-state index in [-0.39, 0.29) is 18.9 Å². The van der Waals surface area contributed by atoms with Gasteiger partial charge in [0.05, 0.1) is 13.5 Å². The first-order valence-electron chi connectivity index (χ1n) is 5.16. The van der Waals surface area contributed by atoms with Crippen LogP contribution in [0, 0.1) is 0 Å². The van der Waals surface area contributed by atoms with Crippen molar-refractivity contribution in [3.63, 3.8) is 0 Å². The second kappa shape index (κ2) is 5.89. The second-order valence-corrected chi connectivity index (χ2v) is 3.60. The summed E-state index contributed by atoms with van der Waals surface area (Å²) >= 11 is 0. The fourth-order valence-corrected chi connectivity index (χ4v) is 1.34. The molecule has 0 fully saturated rings. The molecule has 0 bridgehead atoms. The number of carboxylic acids is 1. The molecule has 1 aromatic rings. The highest BCUT2D eigenvalue weighted by Gasteiger charge is 2.13. The zero-order valence-electron chi connectivity index (χ0n) is 9.84. The fourth-order valence-electron chi connectivity index (χ4n) is 1.34. The molecule has 1 amide bonds. The van der Waals surface area contributed by atoms with Crippen LogP contribution in [0.4, 0.5) is 0 Å². The highest BCUT2D eigenvalue weighted by Crippen LogP contribution is 2.13. The van der Waals surface area contributed by atoms with Gasteiger partial charge in [-0.3, -0.25) is 9.59 Å². The van der Waals surface area contributed by atoms with Crippen LogP contribution >= 0.6 is 0 Å². The van der Waals surface area contributed by atoms with Crippen molar-refractivity contribution >= 4 is 11.9 Å². The molecular weight excluding hydrogens is 222 g/mol. The number of methoxy groups -OCH3 is 1. The quantitative estimate of drug-likeness (QED) is 0.836. The first kappa shape index (κ1) is 13.0. The van der Waals surface area contributed by atoms with Crippen molar-refractivity contribution in [2.45, 2.75) is 6.42 Å². The first-order chi connectivity index (χ1) is 8.04. The highest BCUT2D eigenvalue weighted by molar-refractivity contribution is 5.94. The summed E-state index contributed by atoms with van der Waals surface area (Å²) in [6, 6.07) is 6.76. The number of rotatable bonds is 5. The van der Waals surface area contributed by atoms with Gasteiger partial charge in [0.25, 0.3) is 5.91 Å². The van der Waals surface area contributed by atoms with E-state index in [1.807, 2.05) is 0 Å². The molecule has 5 nitrogen and oxygen atoms in total. The molecule has 1 aromatic carbocycles. The van der Waals surface area contributed by atoms with Gasteiger partial charge in [-0.25, -0.2) is 0 Å². The van der Waals surface area contributed by atoms with Gasteiger partial charge in [-0.1, -0.05) is 6.07 Å². The maximum Gasteiger partial charge on any atom is 0.305 e. The number of carbonyl (C=O) groups is 2. The average Bonchev–Trinajstić information content (AvgIpc) is 2.35. The smallest absolute Gasteiger partial charge is 0.305 e. The summed E-state index contributed by atoms with van der Waals surface area (Å²) in [6.07, 6.45) is -0.0633. The van der Waals surface area contributed by atoms with Gasteiger partial charge in [-0.15, -0.1) is 0 Å². The van der Waals surface area contributed by atoms with E-state index in [2.05, 4.69) is 0 Å². The molecule has 0 spiro atoms. The highest BCUT2D eigenvalue weighted by atomic mass is 16.5. The normalized spacial score (nSPS) is 9.76. The van der Waals surface area contributed by atoms with E-state index >= 15 is 0 Å². The fraction of sp³-hybridized carbons (Fsp3) is 0.333. The third kappa shape index (κ3) is 3.79. The number of carbonyl (C=O) groups excluding carboxylic acids is 1. The van der Waals surface area contributed by atoms with E-state index in [0.717, 1.165) is 0 Å². The summed E-state index contributed by atoms with van der Waals surface area (Å²) < 4.78 is 5.02. The minimum absolute atomic E-state index is 0.0633. The van der Waals surface area contributed by atoms with Crippen LogP contribution in [-0.4, -0.2) is 42.6 Å². The molecule has 1 N–H and O–H groups in total. The molecule has 0 aliphatic rings. The van der Waals surface area contributed by atoms with E-state index in [1.165, 1.54) is 12.0 Å². The third-order valence-corrected chi connectivity index (χ3v) is 2.32. The van der Waals surface area contributed by atoms with Crippen molar-refractivity contribution in [2.75, 3.05) is 20.7 Å². The van der Waals surface area contributed by atoms with Gasteiger partial charge in [0, 0.05) is 19.2 Å². The van der Waals surface area contributed by atoms with Crippen LogP contribution < -0.4 is 4.74 Å². The third-order valence-electron chi connectivity index (χ3n) is 2.32. The van der Waals surface area contributed by atoms with Crippen molar-refractivity contribution in [3.05, 3.63) is 29.8 Å². The molecule has 0 aliphatic heterocycles. The van der Waals surface area contributed by atoms with Crippen LogP contribution in [0.5, 0.6) is 5.75 Å². The van der Waals surface area contributed by atoms with Crippen LogP contribution in [-0.2, 0) is 4.79 Å². The molecule has 0 aromatic heterocycles. The van der Waals surface area contributed by atoms with E-state index in [1.54, 1.807) is 31.3 Å². The predicted octanol–water partition coefficient (Wildman–Crippen LogP) is 1.24. The molecule has 0 heterocycles. The number of ether oxygens (including phenoxy) is 1. The monoisotopic (exact) mass is 237 g/mol. The van der Waals surface area contributed by atoms with Crippen molar-refractivity contribution in [2.24, 2.45) is 0 Å². The molecule has 92 valence electrons. The van der Waals surface area contributed by atoms with E-state index in [4.69, 9.17) is 9.84 Å². The molecule has 0 radical (unpaired) electrons. The van der Waals surface area contributed by atoms with E-state index < -0.39 is 5.97 Å². The molecule has 1 rings (SSSR count). The lowest BCUT2D eigenvalue weighted by atomic mass is 10.2. The van der Waals surface area contributed by atoms with Crippen molar-refractivity contribution in [1.82, 2.24) is 4.90 Å². The molecule has 0 aliphatic carbocycles. The number of amides is 1. The molecule has 0 atom stereocenters. The Morgan fingerprint density at radius 2 is 2.12 bits per heavy atom. The summed E-state index contributed by atoms with van der Waals surface area (Å²) in [5, 5.41) is 8.54. The Balaban J connectivity index is 2.70. The zero-order valence-corrected chi connectivity index (χ0v) is 9.84. The Morgan fingerprint density at radius 1 is 1.41 bits per heavy atom. The molecular formula is C12H15NO4. The van der Waals surface area contributed by atoms with E-state index in [0.29, 0.717) is 11.3 Å². The first-order valence-corrected chi connectivity index (χ1v) is 5.16. The minimum atomic E-state index is -0.921. The lowest BCUT2D eigenvalue weighted by Crippen LogP contribution is -2.29. The number of hydrogen-bond acceptors (Lipinski definition) is 3. The molecule has 0 unspecified atom stereocenters. The molecule has 0 saturated heterocycles. The van der Waals surface area contributed by atoms with Gasteiger partial charge in [0.1, 0.15) is 5.75 Å². The van der Waals surface area contributed by atoms with Gasteiger partial charge < -0.3 is 14.7 Å². The van der Waals surface area contributed by atoms with Crippen LogP contribution in [0.2, 0.25) is 0 Å². The number of hydrogen-bond donors (Lipinski definition) is 1. The Kier molecular flexibility index (Phi) is 4.51. The van der Waals surface area contributed by atoms with Gasteiger partial charge >= 0.3 is 5.97 Å². The zero-order chi connectivity index (χ0) is 12.8. The van der Waals surface area contributed by atoms with Crippen molar-refractivity contribution in [1.29, 1.82) is 0 Å². The summed E-state index contributed by atoms with van der Waals surface area (Å²) in [7, 11) is 3.10. The summed E-state index contributed by atoms with van der Waals surface area (Å²) in [5.74, 6) is -0.539. The minimum Gasteiger partial charge on any atom is -0.497 e. The molecule has 5 heteroatoms. The van der Waals surface area contributed by atoms with Crippen LogP contribution in [0.25, 0.3) is 0 Å². The van der Waals surface area contributed by atoms with Gasteiger partial charge in [-0.2, -0.15) is 0 Å². The SMILES string of the molecule is COc1cccc(C(=O)N(C)CCC(=O)O)c1. The topological polar surface area (TPSA) is 66.8 Å². The second-order valence-electron chi connectivity index (χ2n) is 3.60. The number of aliphatic carboxylic acids is 1. The van der Waals surface area contributed by atoms with Crippen molar-refractivity contribution in [3.8, 4) is 5.75 Å². The van der Waals surface area contributed by atoms with Gasteiger partial charge in [0.2, 0.25) is 0 Å². The maximum absolute atomic E-state index is 11.9. The standard InChI is InChI=1S/C12H15NO4/c1-13(7-6-11(14)15)12(16)9-4-3-5-10(8-9)17-2/h3-5,8H,6-7H2,1-2H3,(H,14,15). The molecule has 17 heavy (non-hydrogen) atoms. The van der Waals surface area contributed by atoms with Crippen LogP contribution in [0.1, 0.15) is 16.8 Å². The average molecular weight is 237 g/mol. The van der Waals surface area contributed by atoms with Gasteiger partial charge in [-0.05, 0) is 18.2 Å². The van der Waals surface area contributed by atoms with Crippen LogP contribution in [0.15, 0.2) is 24.3 Å². The number of carboxylic acid groups (broad SMARTS) is 1. The summed E-state index contributed by atoms with van der Waals surface area (Å²) in [6.45, 7) is 0.186. The van der Waals surface area contributed by atoms with E-state index in [9.17, 15) is 9.59 Å². The Morgan fingerprint density at radius 3 is 2.71 bits per heavy atom. The largest absolute Gasteiger partial charge is 0.497 e. The summed E-state index contributed by atoms with van der Waals surface area (Å²) in [5.41, 5.74) is 0.484. The summed E-state index contributed by atoms with van der Waals surface area (Å²) in [4.78, 5) is 23.7. The maximum atomic E-state index is 11.9. The Labute approximate surface area is 99.6 Å². The Bertz CT molecular complexity index is 417. The van der Waals surface area contributed by atoms with Crippen LogP contribution in [0.3, 0.4) is 0 Å². The lowest BCUT2D eigenvalue weighted by Gasteiger charge is -2.16. The van der Waals surface area contributed by atoms with Gasteiger partial charge in [0.15, 0.2) is 0 Å². The predicted molar refractivity (Wildman–Crippen MR) is 62.2 cm³/mol. The molecule has 0 saturated carbocycles.